The van der Waals surface area contributed by atoms with Crippen molar-refractivity contribution in [3.05, 3.63) is 54.2 Å². The molecule has 1 unspecified atom stereocenters. The van der Waals surface area contributed by atoms with E-state index in [1.54, 1.807) is 12.5 Å². The maximum atomic E-state index is 5.05. The second-order valence-corrected chi connectivity index (χ2v) is 3.43. The van der Waals surface area contributed by atoms with Crippen LogP contribution in [0.1, 0.15) is 17.3 Å². The van der Waals surface area contributed by atoms with Crippen molar-refractivity contribution in [1.82, 2.24) is 10.3 Å². The summed E-state index contributed by atoms with van der Waals surface area (Å²) in [6.45, 7) is 0. The summed E-state index contributed by atoms with van der Waals surface area (Å²) < 4.78 is 5.05. The molecule has 0 aliphatic heterocycles. The molecule has 0 aliphatic rings. The first-order valence-electron chi connectivity index (χ1n) is 4.99. The Kier molecular flexibility index (Phi) is 3.15. The smallest absolute Gasteiger partial charge is 0.0935 e. The molecular formula is C12H14N2O. The third kappa shape index (κ3) is 2.44. The molecule has 0 bridgehead atoms. The van der Waals surface area contributed by atoms with Crippen LogP contribution in [0.5, 0.6) is 0 Å². The summed E-state index contributed by atoms with van der Waals surface area (Å²) in [6.07, 6.45) is 6.17. The van der Waals surface area contributed by atoms with E-state index in [0.29, 0.717) is 0 Å². The van der Waals surface area contributed by atoms with Gasteiger partial charge in [-0.15, -0.1) is 0 Å². The summed E-state index contributed by atoms with van der Waals surface area (Å²) in [5.41, 5.74) is 2.24. The van der Waals surface area contributed by atoms with Crippen LogP contribution in [0.15, 0.2) is 47.4 Å². The number of hydrogen-bond acceptors (Lipinski definition) is 3. The number of likely N-dealkylation sites (N-methyl/N-ethyl adjacent to an activating group) is 1. The maximum Gasteiger partial charge on any atom is 0.0935 e. The van der Waals surface area contributed by atoms with Gasteiger partial charge in [0.2, 0.25) is 0 Å². The molecule has 0 radical (unpaired) electrons. The molecule has 3 heteroatoms. The molecule has 1 N–H and O–H groups in total. The van der Waals surface area contributed by atoms with Gasteiger partial charge < -0.3 is 9.73 Å². The molecule has 0 fully saturated rings. The molecule has 3 nitrogen and oxygen atoms in total. The number of nitrogens with one attached hydrogen (secondary N) is 1. The molecule has 0 aromatic carbocycles. The van der Waals surface area contributed by atoms with Crippen LogP contribution in [0.3, 0.4) is 0 Å². The fraction of sp³-hybridized carbons (Fsp3) is 0.250. The molecule has 2 aromatic heterocycles. The van der Waals surface area contributed by atoms with E-state index in [9.17, 15) is 0 Å². The van der Waals surface area contributed by atoms with Crippen molar-refractivity contribution >= 4 is 0 Å². The van der Waals surface area contributed by atoms with Gasteiger partial charge in [0.25, 0.3) is 0 Å². The highest BCUT2D eigenvalue weighted by Gasteiger charge is 2.11. The second-order valence-electron chi connectivity index (χ2n) is 3.43. The highest BCUT2D eigenvalue weighted by Crippen LogP contribution is 2.15. The standard InChI is InChI=1S/C12H14N2O/c1-13-12(8-10-5-7-15-9-10)11-4-2-3-6-14-11/h2-7,9,12-13H,8H2,1H3. The molecule has 2 rings (SSSR count). The first-order valence-corrected chi connectivity index (χ1v) is 4.99. The zero-order valence-electron chi connectivity index (χ0n) is 8.68. The number of rotatable bonds is 4. The van der Waals surface area contributed by atoms with Crippen LogP contribution in [0.4, 0.5) is 0 Å². The SMILES string of the molecule is CNC(Cc1ccoc1)c1ccccn1. The minimum atomic E-state index is 0.240. The summed E-state index contributed by atoms with van der Waals surface area (Å²) in [4.78, 5) is 4.34. The van der Waals surface area contributed by atoms with Crippen LogP contribution in [0.2, 0.25) is 0 Å². The van der Waals surface area contributed by atoms with Gasteiger partial charge in [-0.05, 0) is 37.2 Å². The Morgan fingerprint density at radius 1 is 1.40 bits per heavy atom. The highest BCUT2D eigenvalue weighted by atomic mass is 16.3. The summed E-state index contributed by atoms with van der Waals surface area (Å²) in [5, 5.41) is 3.25. The van der Waals surface area contributed by atoms with Gasteiger partial charge in [0, 0.05) is 6.20 Å². The number of aromatic nitrogens is 1. The second kappa shape index (κ2) is 4.75. The van der Waals surface area contributed by atoms with Crippen molar-refractivity contribution in [2.24, 2.45) is 0 Å². The summed E-state index contributed by atoms with van der Waals surface area (Å²) in [6, 6.07) is 8.17. The Labute approximate surface area is 89.1 Å². The molecule has 78 valence electrons. The van der Waals surface area contributed by atoms with Crippen molar-refractivity contribution in [2.75, 3.05) is 7.05 Å². The molecule has 2 heterocycles. The number of furan rings is 1. The Hall–Kier alpha value is -1.61. The topological polar surface area (TPSA) is 38.1 Å². The van der Waals surface area contributed by atoms with E-state index in [0.717, 1.165) is 12.1 Å². The number of nitrogens with zero attached hydrogens (tertiary/aromatic N) is 1. The van der Waals surface area contributed by atoms with Gasteiger partial charge in [-0.25, -0.2) is 0 Å². The quantitative estimate of drug-likeness (QED) is 0.825. The van der Waals surface area contributed by atoms with E-state index >= 15 is 0 Å². The number of hydrogen-bond donors (Lipinski definition) is 1. The minimum absolute atomic E-state index is 0.240. The van der Waals surface area contributed by atoms with Crippen molar-refractivity contribution in [2.45, 2.75) is 12.5 Å². The molecule has 0 spiro atoms. The average molecular weight is 202 g/mol. The van der Waals surface area contributed by atoms with Gasteiger partial charge in [0.05, 0.1) is 24.3 Å². The van der Waals surface area contributed by atoms with Crippen molar-refractivity contribution in [3.63, 3.8) is 0 Å². The lowest BCUT2D eigenvalue weighted by Gasteiger charge is -2.14. The zero-order valence-corrected chi connectivity index (χ0v) is 8.68. The summed E-state index contributed by atoms with van der Waals surface area (Å²) in [7, 11) is 1.94. The van der Waals surface area contributed by atoms with Gasteiger partial charge in [0.15, 0.2) is 0 Å². The molecule has 15 heavy (non-hydrogen) atoms. The van der Waals surface area contributed by atoms with Crippen LogP contribution >= 0.6 is 0 Å². The monoisotopic (exact) mass is 202 g/mol. The Morgan fingerprint density at radius 3 is 2.93 bits per heavy atom. The molecule has 2 aromatic rings. The van der Waals surface area contributed by atoms with Crippen molar-refractivity contribution in [1.29, 1.82) is 0 Å². The van der Waals surface area contributed by atoms with E-state index < -0.39 is 0 Å². The molecule has 0 amide bonds. The Morgan fingerprint density at radius 2 is 2.33 bits per heavy atom. The van der Waals surface area contributed by atoms with Gasteiger partial charge in [-0.3, -0.25) is 4.98 Å². The van der Waals surface area contributed by atoms with Crippen LogP contribution in [0.25, 0.3) is 0 Å². The van der Waals surface area contributed by atoms with E-state index in [1.165, 1.54) is 5.56 Å². The first kappa shape index (κ1) is 9.93. The van der Waals surface area contributed by atoms with E-state index in [2.05, 4.69) is 10.3 Å². The van der Waals surface area contributed by atoms with Crippen LogP contribution in [0, 0.1) is 0 Å². The van der Waals surface area contributed by atoms with Crippen LogP contribution in [-0.4, -0.2) is 12.0 Å². The lowest BCUT2D eigenvalue weighted by atomic mass is 10.1. The average Bonchev–Trinajstić information content (AvgIpc) is 2.80. The molecule has 0 saturated heterocycles. The summed E-state index contributed by atoms with van der Waals surface area (Å²) >= 11 is 0. The molecular weight excluding hydrogens is 188 g/mol. The predicted octanol–water partition coefficient (Wildman–Crippen LogP) is 2.18. The third-order valence-corrected chi connectivity index (χ3v) is 2.41. The highest BCUT2D eigenvalue weighted by molar-refractivity contribution is 5.14. The lowest BCUT2D eigenvalue weighted by Crippen LogP contribution is -2.19. The van der Waals surface area contributed by atoms with E-state index in [4.69, 9.17) is 4.42 Å². The van der Waals surface area contributed by atoms with Crippen LogP contribution < -0.4 is 5.32 Å². The molecule has 0 aliphatic carbocycles. The minimum Gasteiger partial charge on any atom is -0.472 e. The van der Waals surface area contributed by atoms with Gasteiger partial charge >= 0.3 is 0 Å². The Balaban J connectivity index is 2.12. The maximum absolute atomic E-state index is 5.05. The normalized spacial score (nSPS) is 12.6. The Bertz CT molecular complexity index is 383. The van der Waals surface area contributed by atoms with Crippen LogP contribution in [-0.2, 0) is 6.42 Å². The predicted molar refractivity (Wildman–Crippen MR) is 58.4 cm³/mol. The van der Waals surface area contributed by atoms with E-state index in [1.807, 2.05) is 37.5 Å². The fourth-order valence-electron chi connectivity index (χ4n) is 1.58. The summed E-state index contributed by atoms with van der Waals surface area (Å²) in [5.74, 6) is 0. The van der Waals surface area contributed by atoms with Gasteiger partial charge in [-0.1, -0.05) is 6.07 Å². The number of pyridine rings is 1. The zero-order chi connectivity index (χ0) is 10.5. The van der Waals surface area contributed by atoms with Gasteiger partial charge in [-0.2, -0.15) is 0 Å². The van der Waals surface area contributed by atoms with E-state index in [-0.39, 0.29) is 6.04 Å². The molecule has 0 saturated carbocycles. The first-order chi connectivity index (χ1) is 7.40. The van der Waals surface area contributed by atoms with Crippen molar-refractivity contribution < 1.29 is 4.42 Å². The largest absolute Gasteiger partial charge is 0.472 e. The lowest BCUT2D eigenvalue weighted by molar-refractivity contribution is 0.547. The third-order valence-electron chi connectivity index (χ3n) is 2.41. The van der Waals surface area contributed by atoms with Gasteiger partial charge in [0.1, 0.15) is 0 Å². The fourth-order valence-corrected chi connectivity index (χ4v) is 1.58. The van der Waals surface area contributed by atoms with Crippen molar-refractivity contribution in [3.8, 4) is 0 Å². The molecule has 1 atom stereocenters.